The molecule has 1 aromatic heterocycles. The van der Waals surface area contributed by atoms with Crippen molar-refractivity contribution < 1.29 is 5.11 Å². The van der Waals surface area contributed by atoms with Crippen LogP contribution in [0.2, 0.25) is 0 Å². The Morgan fingerprint density at radius 1 is 1.44 bits per heavy atom. The molecule has 1 heterocycles. The van der Waals surface area contributed by atoms with E-state index < -0.39 is 0 Å². The van der Waals surface area contributed by atoms with Crippen molar-refractivity contribution in [3.05, 3.63) is 12.3 Å². The highest BCUT2D eigenvalue weighted by Crippen LogP contribution is 2.11. The molecule has 0 bridgehead atoms. The molecule has 3 N–H and O–H groups in total. The van der Waals surface area contributed by atoms with Gasteiger partial charge in [0.1, 0.15) is 5.82 Å². The topological polar surface area (TPSA) is 70.1 Å². The maximum absolute atomic E-state index is 9.21. The molecule has 0 aliphatic heterocycles. The molecule has 0 fully saturated rings. The number of nitrogens with zero attached hydrogens (tertiary/aromatic N) is 2. The monoisotopic (exact) mass is 224 g/mol. The van der Waals surface area contributed by atoms with Gasteiger partial charge in [0.05, 0.1) is 12.6 Å². The van der Waals surface area contributed by atoms with Crippen LogP contribution < -0.4 is 10.6 Å². The molecule has 1 rings (SSSR count). The number of nitrogens with one attached hydrogen (secondary N) is 2. The first-order chi connectivity index (χ1) is 7.67. The summed E-state index contributed by atoms with van der Waals surface area (Å²) in [4.78, 5) is 8.37. The van der Waals surface area contributed by atoms with Gasteiger partial charge in [-0.25, -0.2) is 4.98 Å². The van der Waals surface area contributed by atoms with Gasteiger partial charge >= 0.3 is 0 Å². The molecule has 0 aliphatic rings. The van der Waals surface area contributed by atoms with Crippen LogP contribution in [0.25, 0.3) is 0 Å². The SMILES string of the molecule is CCNc1nccc(N[C@H](CO)C(C)C)n1. The largest absolute Gasteiger partial charge is 0.394 e. The van der Waals surface area contributed by atoms with Crippen LogP contribution in [0.3, 0.4) is 0 Å². The average molecular weight is 224 g/mol. The normalized spacial score (nSPS) is 12.6. The fourth-order valence-corrected chi connectivity index (χ4v) is 1.30. The van der Waals surface area contributed by atoms with Gasteiger partial charge in [-0.3, -0.25) is 0 Å². The summed E-state index contributed by atoms with van der Waals surface area (Å²) in [6.45, 7) is 6.99. The second-order valence-corrected chi connectivity index (χ2v) is 3.97. The molecule has 16 heavy (non-hydrogen) atoms. The van der Waals surface area contributed by atoms with Crippen molar-refractivity contribution >= 4 is 11.8 Å². The van der Waals surface area contributed by atoms with Crippen LogP contribution in [0.1, 0.15) is 20.8 Å². The number of anilines is 2. The van der Waals surface area contributed by atoms with E-state index in [0.717, 1.165) is 12.4 Å². The molecule has 90 valence electrons. The molecule has 5 nitrogen and oxygen atoms in total. The van der Waals surface area contributed by atoms with Crippen molar-refractivity contribution in [2.45, 2.75) is 26.8 Å². The number of aliphatic hydroxyl groups excluding tert-OH is 1. The summed E-state index contributed by atoms with van der Waals surface area (Å²) in [5.74, 6) is 1.69. The molecular weight excluding hydrogens is 204 g/mol. The summed E-state index contributed by atoms with van der Waals surface area (Å²) in [5.41, 5.74) is 0. The maximum atomic E-state index is 9.21. The van der Waals surface area contributed by atoms with E-state index in [0.29, 0.717) is 11.9 Å². The van der Waals surface area contributed by atoms with Gasteiger partial charge in [-0.15, -0.1) is 0 Å². The van der Waals surface area contributed by atoms with E-state index >= 15 is 0 Å². The minimum absolute atomic E-state index is 0.0179. The maximum Gasteiger partial charge on any atom is 0.224 e. The van der Waals surface area contributed by atoms with Gasteiger partial charge in [0.15, 0.2) is 0 Å². The zero-order valence-electron chi connectivity index (χ0n) is 10.1. The summed E-state index contributed by atoms with van der Waals surface area (Å²) >= 11 is 0. The summed E-state index contributed by atoms with van der Waals surface area (Å²) < 4.78 is 0. The van der Waals surface area contributed by atoms with E-state index in [4.69, 9.17) is 0 Å². The highest BCUT2D eigenvalue weighted by atomic mass is 16.3. The van der Waals surface area contributed by atoms with Crippen LogP contribution in [0.15, 0.2) is 12.3 Å². The van der Waals surface area contributed by atoms with Crippen LogP contribution in [0.4, 0.5) is 11.8 Å². The molecule has 0 saturated carbocycles. The van der Waals surface area contributed by atoms with Crippen molar-refractivity contribution in [2.24, 2.45) is 5.92 Å². The number of aromatic nitrogens is 2. The van der Waals surface area contributed by atoms with E-state index in [2.05, 4.69) is 34.4 Å². The van der Waals surface area contributed by atoms with Crippen LogP contribution in [0.5, 0.6) is 0 Å². The van der Waals surface area contributed by atoms with Crippen molar-refractivity contribution in [3.8, 4) is 0 Å². The summed E-state index contributed by atoms with van der Waals surface area (Å²) in [6, 6.07) is 1.82. The van der Waals surface area contributed by atoms with Crippen LogP contribution in [-0.4, -0.2) is 34.3 Å². The molecule has 0 aromatic carbocycles. The fourth-order valence-electron chi connectivity index (χ4n) is 1.30. The predicted octanol–water partition coefficient (Wildman–Crippen LogP) is 1.34. The first-order valence-corrected chi connectivity index (χ1v) is 5.61. The van der Waals surface area contributed by atoms with Crippen LogP contribution in [-0.2, 0) is 0 Å². The van der Waals surface area contributed by atoms with E-state index in [1.807, 2.05) is 6.92 Å². The van der Waals surface area contributed by atoms with Crippen molar-refractivity contribution in [1.82, 2.24) is 9.97 Å². The lowest BCUT2D eigenvalue weighted by Crippen LogP contribution is -2.29. The molecule has 0 radical (unpaired) electrons. The van der Waals surface area contributed by atoms with Crippen molar-refractivity contribution in [3.63, 3.8) is 0 Å². The third-order valence-corrected chi connectivity index (χ3v) is 2.33. The standard InChI is InChI=1S/C11H20N4O/c1-4-12-11-13-6-5-10(15-11)14-9(7-16)8(2)3/h5-6,8-9,16H,4,7H2,1-3H3,(H2,12,13,14,15)/t9-/m1/s1. The van der Waals surface area contributed by atoms with Gasteiger partial charge in [-0.1, -0.05) is 13.8 Å². The minimum Gasteiger partial charge on any atom is -0.394 e. The number of aliphatic hydroxyl groups is 1. The summed E-state index contributed by atoms with van der Waals surface area (Å²) in [6.07, 6.45) is 1.70. The Morgan fingerprint density at radius 3 is 2.75 bits per heavy atom. The average Bonchev–Trinajstić information content (AvgIpc) is 2.26. The summed E-state index contributed by atoms with van der Waals surface area (Å²) in [5, 5.41) is 15.4. The molecule has 0 saturated heterocycles. The van der Waals surface area contributed by atoms with E-state index in [9.17, 15) is 5.11 Å². The Hall–Kier alpha value is -1.36. The lowest BCUT2D eigenvalue weighted by molar-refractivity contribution is 0.249. The highest BCUT2D eigenvalue weighted by Gasteiger charge is 2.12. The molecule has 1 atom stereocenters. The van der Waals surface area contributed by atoms with E-state index in [1.54, 1.807) is 12.3 Å². The number of hydrogen-bond donors (Lipinski definition) is 3. The molecule has 1 aromatic rings. The molecule has 0 aliphatic carbocycles. The van der Waals surface area contributed by atoms with Gasteiger partial charge in [0.25, 0.3) is 0 Å². The van der Waals surface area contributed by atoms with Gasteiger partial charge in [-0.2, -0.15) is 4.98 Å². The molecule has 0 spiro atoms. The van der Waals surface area contributed by atoms with E-state index in [-0.39, 0.29) is 12.6 Å². The summed E-state index contributed by atoms with van der Waals surface area (Å²) in [7, 11) is 0. The molecule has 5 heteroatoms. The first-order valence-electron chi connectivity index (χ1n) is 5.61. The quantitative estimate of drug-likeness (QED) is 0.680. The minimum atomic E-state index is 0.0179. The third kappa shape index (κ3) is 3.66. The Bertz CT molecular complexity index is 317. The Morgan fingerprint density at radius 2 is 2.19 bits per heavy atom. The van der Waals surface area contributed by atoms with Gasteiger partial charge in [-0.05, 0) is 18.9 Å². The van der Waals surface area contributed by atoms with Gasteiger partial charge < -0.3 is 15.7 Å². The number of hydrogen-bond acceptors (Lipinski definition) is 5. The van der Waals surface area contributed by atoms with Crippen LogP contribution >= 0.6 is 0 Å². The lowest BCUT2D eigenvalue weighted by atomic mass is 10.1. The van der Waals surface area contributed by atoms with Gasteiger partial charge in [0, 0.05) is 12.7 Å². The fraction of sp³-hybridized carbons (Fsp3) is 0.636. The highest BCUT2D eigenvalue weighted by molar-refractivity contribution is 5.40. The van der Waals surface area contributed by atoms with E-state index in [1.165, 1.54) is 0 Å². The zero-order chi connectivity index (χ0) is 12.0. The second-order valence-electron chi connectivity index (χ2n) is 3.97. The van der Waals surface area contributed by atoms with Crippen LogP contribution in [0, 0.1) is 5.92 Å². The Balaban J connectivity index is 2.68. The van der Waals surface area contributed by atoms with Crippen molar-refractivity contribution in [2.75, 3.05) is 23.8 Å². The molecule has 0 unspecified atom stereocenters. The lowest BCUT2D eigenvalue weighted by Gasteiger charge is -2.20. The Kier molecular flexibility index (Phi) is 4.98. The van der Waals surface area contributed by atoms with Crippen molar-refractivity contribution in [1.29, 1.82) is 0 Å². The Labute approximate surface area is 96.3 Å². The first kappa shape index (κ1) is 12.7. The molecule has 0 amide bonds. The molecular formula is C11H20N4O. The van der Waals surface area contributed by atoms with Gasteiger partial charge in [0.2, 0.25) is 5.95 Å². The number of rotatable bonds is 6. The predicted molar refractivity (Wildman–Crippen MR) is 65.5 cm³/mol. The zero-order valence-corrected chi connectivity index (χ0v) is 10.1. The smallest absolute Gasteiger partial charge is 0.224 e. The second kappa shape index (κ2) is 6.27. The third-order valence-electron chi connectivity index (χ3n) is 2.33.